The van der Waals surface area contributed by atoms with Crippen molar-refractivity contribution >= 4 is 29.1 Å². The molecular formula is C17H21Cl2NO2. The fourth-order valence-corrected chi connectivity index (χ4v) is 4.35. The van der Waals surface area contributed by atoms with Crippen LogP contribution in [0.4, 0.5) is 0 Å². The van der Waals surface area contributed by atoms with E-state index in [4.69, 9.17) is 27.9 Å². The Labute approximate surface area is 141 Å². The zero-order valence-electron chi connectivity index (χ0n) is 12.6. The first kappa shape index (κ1) is 16.1. The summed E-state index contributed by atoms with van der Waals surface area (Å²) in [5, 5.41) is 4.38. The molecule has 0 aromatic heterocycles. The Balaban J connectivity index is 1.84. The van der Waals surface area contributed by atoms with Crippen LogP contribution in [-0.4, -0.2) is 18.1 Å². The number of carbonyl (C=O) groups excluding carboxylic acids is 1. The van der Waals surface area contributed by atoms with Crippen molar-refractivity contribution in [3.63, 3.8) is 0 Å². The third kappa shape index (κ3) is 3.42. The van der Waals surface area contributed by atoms with Gasteiger partial charge in [0.1, 0.15) is 0 Å². The zero-order valence-corrected chi connectivity index (χ0v) is 14.2. The second kappa shape index (κ2) is 6.77. The molecule has 1 amide bonds. The summed E-state index contributed by atoms with van der Waals surface area (Å²) in [6, 6.07) is 5.69. The van der Waals surface area contributed by atoms with Crippen LogP contribution >= 0.6 is 23.2 Å². The fraction of sp³-hybridized carbons (Fsp3) is 0.588. The molecular weight excluding hydrogens is 321 g/mol. The van der Waals surface area contributed by atoms with E-state index in [0.29, 0.717) is 16.0 Å². The second-order valence-electron chi connectivity index (χ2n) is 6.32. The summed E-state index contributed by atoms with van der Waals surface area (Å²) >= 11 is 12.3. The van der Waals surface area contributed by atoms with Crippen LogP contribution in [0.15, 0.2) is 18.2 Å². The first-order valence-corrected chi connectivity index (χ1v) is 8.67. The molecule has 0 unspecified atom stereocenters. The van der Waals surface area contributed by atoms with Crippen molar-refractivity contribution in [2.45, 2.75) is 57.3 Å². The second-order valence-corrected chi connectivity index (χ2v) is 7.16. The highest BCUT2D eigenvalue weighted by Gasteiger charge is 2.41. The molecule has 3 nitrogen and oxygen atoms in total. The number of ether oxygens (including phenoxy) is 1. The van der Waals surface area contributed by atoms with E-state index in [2.05, 4.69) is 5.32 Å². The Hall–Kier alpha value is -0.770. The van der Waals surface area contributed by atoms with Gasteiger partial charge >= 0.3 is 0 Å². The van der Waals surface area contributed by atoms with E-state index < -0.39 is 0 Å². The number of hydrogen-bond donors (Lipinski definition) is 1. The van der Waals surface area contributed by atoms with Crippen molar-refractivity contribution in [3.05, 3.63) is 33.8 Å². The SMILES string of the molecule is CC(=O)N[C@@H]1C[C@H](c2ccc(Cl)cc2Cl)O[C@@H]2CCCC[C@@H]12. The monoisotopic (exact) mass is 341 g/mol. The van der Waals surface area contributed by atoms with E-state index in [1.54, 1.807) is 13.0 Å². The van der Waals surface area contributed by atoms with Gasteiger partial charge in [-0.3, -0.25) is 4.79 Å². The summed E-state index contributed by atoms with van der Waals surface area (Å²) < 4.78 is 6.33. The van der Waals surface area contributed by atoms with Crippen LogP contribution in [0.25, 0.3) is 0 Å². The predicted molar refractivity (Wildman–Crippen MR) is 88.3 cm³/mol. The van der Waals surface area contributed by atoms with Gasteiger partial charge in [-0.25, -0.2) is 0 Å². The van der Waals surface area contributed by atoms with E-state index in [1.807, 2.05) is 12.1 Å². The molecule has 1 aliphatic carbocycles. The van der Waals surface area contributed by atoms with E-state index >= 15 is 0 Å². The van der Waals surface area contributed by atoms with Gasteiger partial charge in [-0.1, -0.05) is 42.1 Å². The molecule has 1 saturated carbocycles. The number of carbonyl (C=O) groups is 1. The van der Waals surface area contributed by atoms with Gasteiger partial charge in [-0.2, -0.15) is 0 Å². The number of amides is 1. The van der Waals surface area contributed by atoms with Gasteiger partial charge in [-0.15, -0.1) is 0 Å². The molecule has 1 heterocycles. The third-order valence-electron chi connectivity index (χ3n) is 4.78. The van der Waals surface area contributed by atoms with Gasteiger partial charge in [-0.05, 0) is 37.0 Å². The summed E-state index contributed by atoms with van der Waals surface area (Å²) in [5.74, 6) is 0.442. The normalized spacial score (nSPS) is 31.4. The maximum absolute atomic E-state index is 11.5. The highest BCUT2D eigenvalue weighted by molar-refractivity contribution is 6.35. The Morgan fingerprint density at radius 1 is 1.27 bits per heavy atom. The average Bonchev–Trinajstić information content (AvgIpc) is 2.46. The number of benzene rings is 1. The molecule has 2 fully saturated rings. The molecule has 120 valence electrons. The lowest BCUT2D eigenvalue weighted by molar-refractivity contribution is -0.131. The summed E-state index contributed by atoms with van der Waals surface area (Å²) in [5.41, 5.74) is 0.963. The molecule has 0 bridgehead atoms. The van der Waals surface area contributed by atoms with Crippen LogP contribution in [0.2, 0.25) is 10.0 Å². The number of nitrogens with one attached hydrogen (secondary N) is 1. The van der Waals surface area contributed by atoms with Gasteiger partial charge < -0.3 is 10.1 Å². The van der Waals surface area contributed by atoms with E-state index in [1.165, 1.54) is 12.8 Å². The minimum absolute atomic E-state index is 0.0252. The molecule has 1 aromatic rings. The van der Waals surface area contributed by atoms with Crippen molar-refractivity contribution < 1.29 is 9.53 Å². The van der Waals surface area contributed by atoms with Crippen molar-refractivity contribution in [1.29, 1.82) is 0 Å². The van der Waals surface area contributed by atoms with Crippen LogP contribution in [-0.2, 0) is 9.53 Å². The molecule has 0 radical (unpaired) electrons. The summed E-state index contributed by atoms with van der Waals surface area (Å²) in [4.78, 5) is 11.5. The van der Waals surface area contributed by atoms with E-state index in [0.717, 1.165) is 24.8 Å². The van der Waals surface area contributed by atoms with Crippen LogP contribution in [0.3, 0.4) is 0 Å². The Morgan fingerprint density at radius 2 is 2.05 bits per heavy atom. The maximum Gasteiger partial charge on any atom is 0.217 e. The molecule has 4 atom stereocenters. The van der Waals surface area contributed by atoms with Crippen LogP contribution in [0.5, 0.6) is 0 Å². The highest BCUT2D eigenvalue weighted by Crippen LogP contribution is 2.43. The summed E-state index contributed by atoms with van der Waals surface area (Å²) in [6.45, 7) is 1.58. The van der Waals surface area contributed by atoms with Gasteiger partial charge in [0.15, 0.2) is 0 Å². The molecule has 2 aliphatic rings. The Bertz CT molecular complexity index is 564. The van der Waals surface area contributed by atoms with Gasteiger partial charge in [0.05, 0.1) is 12.2 Å². The maximum atomic E-state index is 11.5. The molecule has 22 heavy (non-hydrogen) atoms. The lowest BCUT2D eigenvalue weighted by Gasteiger charge is -2.45. The molecule has 1 saturated heterocycles. The first-order chi connectivity index (χ1) is 10.5. The van der Waals surface area contributed by atoms with Crippen molar-refractivity contribution in [1.82, 2.24) is 5.32 Å². The molecule has 3 rings (SSSR count). The lowest BCUT2D eigenvalue weighted by atomic mass is 9.76. The quantitative estimate of drug-likeness (QED) is 0.858. The molecule has 1 N–H and O–H groups in total. The Kier molecular flexibility index (Phi) is 4.96. The average molecular weight is 342 g/mol. The summed E-state index contributed by atoms with van der Waals surface area (Å²) in [6.07, 6.45) is 5.47. The third-order valence-corrected chi connectivity index (χ3v) is 5.34. The zero-order chi connectivity index (χ0) is 15.7. The number of fused-ring (bicyclic) bond motifs is 1. The molecule has 0 spiro atoms. The first-order valence-electron chi connectivity index (χ1n) is 7.92. The van der Waals surface area contributed by atoms with Gasteiger partial charge in [0.2, 0.25) is 5.91 Å². The van der Waals surface area contributed by atoms with Gasteiger partial charge in [0, 0.05) is 28.9 Å². The number of halogens is 2. The van der Waals surface area contributed by atoms with E-state index in [9.17, 15) is 4.79 Å². The van der Waals surface area contributed by atoms with Crippen LogP contribution < -0.4 is 5.32 Å². The van der Waals surface area contributed by atoms with Crippen LogP contribution in [0.1, 0.15) is 50.7 Å². The minimum atomic E-state index is -0.0824. The number of rotatable bonds is 2. The molecule has 5 heteroatoms. The number of hydrogen-bond acceptors (Lipinski definition) is 2. The van der Waals surface area contributed by atoms with Crippen molar-refractivity contribution in [3.8, 4) is 0 Å². The van der Waals surface area contributed by atoms with Crippen LogP contribution in [0, 0.1) is 5.92 Å². The smallest absolute Gasteiger partial charge is 0.217 e. The van der Waals surface area contributed by atoms with Crippen molar-refractivity contribution in [2.75, 3.05) is 0 Å². The van der Waals surface area contributed by atoms with Gasteiger partial charge in [0.25, 0.3) is 0 Å². The van der Waals surface area contributed by atoms with Crippen molar-refractivity contribution in [2.24, 2.45) is 5.92 Å². The predicted octanol–water partition coefficient (Wildman–Crippen LogP) is 4.52. The Morgan fingerprint density at radius 3 is 2.77 bits per heavy atom. The standard InChI is InChI=1S/C17H21Cl2NO2/c1-10(21)20-15-9-17(12-7-6-11(18)8-14(12)19)22-16-5-3-2-4-13(15)16/h6-8,13,15-17H,2-5,9H2,1H3,(H,20,21)/t13-,15+,16+,17+/m0/s1. The topological polar surface area (TPSA) is 38.3 Å². The highest BCUT2D eigenvalue weighted by atomic mass is 35.5. The lowest BCUT2D eigenvalue weighted by Crippen LogP contribution is -2.50. The summed E-state index contributed by atoms with van der Waals surface area (Å²) in [7, 11) is 0. The molecule has 1 aromatic carbocycles. The largest absolute Gasteiger partial charge is 0.370 e. The molecule has 1 aliphatic heterocycles. The fourth-order valence-electron chi connectivity index (χ4n) is 3.82. The van der Waals surface area contributed by atoms with E-state index in [-0.39, 0.29) is 24.2 Å². The minimum Gasteiger partial charge on any atom is -0.370 e.